The molecule has 0 saturated heterocycles. The van der Waals surface area contributed by atoms with Crippen LogP contribution in [-0.4, -0.2) is 95.6 Å². The zero-order valence-electron chi connectivity index (χ0n) is 24.5. The number of rotatable bonds is 13. The summed E-state index contributed by atoms with van der Waals surface area (Å²) in [5.74, 6) is 0. The summed E-state index contributed by atoms with van der Waals surface area (Å²) in [5, 5.41) is 0. The Morgan fingerprint density at radius 2 is 0.814 bits per heavy atom. The number of unbranched alkanes of at least 4 members (excludes halogenated alkanes) is 9. The number of hydrogen-bond donors (Lipinski definition) is 5. The third-order valence-corrected chi connectivity index (χ3v) is 4.09. The summed E-state index contributed by atoms with van der Waals surface area (Å²) in [6.07, 6.45) is 13.4. The molecule has 0 fully saturated rings. The van der Waals surface area contributed by atoms with E-state index in [0.717, 1.165) is 26.2 Å². The summed E-state index contributed by atoms with van der Waals surface area (Å²) in [6.45, 7) is 2.24. The molecule has 0 aliphatic carbocycles. The minimum absolute atomic E-state index is 0. The Bertz CT molecular complexity index is 1010. The largest absolute Gasteiger partial charge is 1.00 e. The van der Waals surface area contributed by atoms with E-state index >= 15 is 0 Å². The molecule has 260 valence electrons. The van der Waals surface area contributed by atoms with E-state index in [0.29, 0.717) is 25.9 Å². The predicted octanol–water partition coefficient (Wildman–Crippen LogP) is -6.04. The average Bonchev–Trinajstić information content (AvgIpc) is 2.68. The smallest absolute Gasteiger partial charge is 0.264 e. The van der Waals surface area contributed by atoms with Crippen LogP contribution in [0.4, 0.5) is 0 Å². The fourth-order valence-corrected chi connectivity index (χ4v) is 2.07. The van der Waals surface area contributed by atoms with Gasteiger partial charge in [0.25, 0.3) is 20.2 Å². The first-order chi connectivity index (χ1) is 18.0. The zero-order chi connectivity index (χ0) is 34.4. The second-order valence-corrected chi connectivity index (χ2v) is 29.3. The molecule has 0 amide bonds. The summed E-state index contributed by atoms with van der Waals surface area (Å²) in [6, 6.07) is 0. The Labute approximate surface area is 330 Å². The SMILES string of the molecule is CCCCCCCCCCCCOS(=O)(=O)[O-].COS(C)(=O)=O.CS(=O)(=O)O.I[I-]I.O=S(=O)(O)O.O=S(=O)(O)O.[Na+].[Na+]. The van der Waals surface area contributed by atoms with Gasteiger partial charge in [0.1, 0.15) is 0 Å². The van der Waals surface area contributed by atoms with Crippen LogP contribution in [0.5, 0.6) is 0 Å². The Hall–Kier alpha value is 3.62. The van der Waals surface area contributed by atoms with E-state index < -0.39 is 51.4 Å². The van der Waals surface area contributed by atoms with Crippen molar-refractivity contribution in [3.05, 3.63) is 0 Å². The van der Waals surface area contributed by atoms with Crippen molar-refractivity contribution in [2.45, 2.75) is 71.1 Å². The van der Waals surface area contributed by atoms with Gasteiger partial charge in [0, 0.05) is 0 Å². The minimum Gasteiger partial charge on any atom is -0.264 e. The predicted molar refractivity (Wildman–Crippen MR) is 163 cm³/mol. The van der Waals surface area contributed by atoms with Crippen molar-refractivity contribution in [3.63, 3.8) is 0 Å². The van der Waals surface area contributed by atoms with Crippen LogP contribution < -0.4 is 72.4 Å². The van der Waals surface area contributed by atoms with Crippen molar-refractivity contribution in [3.8, 4) is 0 Å². The van der Waals surface area contributed by atoms with Gasteiger partial charge in [0.15, 0.2) is 0 Å². The van der Waals surface area contributed by atoms with Gasteiger partial charge in [-0.05, 0) is 6.42 Å². The quantitative estimate of drug-likeness (QED) is 0.0286. The van der Waals surface area contributed by atoms with E-state index in [-0.39, 0.29) is 65.7 Å². The second-order valence-electron chi connectivity index (χ2n) is 6.97. The van der Waals surface area contributed by atoms with E-state index in [4.69, 9.17) is 39.6 Å². The first-order valence-electron chi connectivity index (χ1n) is 10.6. The molecule has 0 unspecified atom stereocenters. The summed E-state index contributed by atoms with van der Waals surface area (Å²) in [7, 11) is -19.5. The summed E-state index contributed by atoms with van der Waals surface area (Å²) in [5.41, 5.74) is 0. The van der Waals surface area contributed by atoms with Crippen LogP contribution in [0.1, 0.15) is 71.1 Å². The van der Waals surface area contributed by atoms with E-state index in [2.05, 4.69) is 52.5 Å². The van der Waals surface area contributed by atoms with Crippen LogP contribution in [0, 0.1) is 0 Å². The standard InChI is InChI=1S/C12H26O4S.C2H6O3S.CH4O3S.I3.2Na.2H2O4S/c1-2-3-4-5-6-7-8-9-10-11-12-16-17(13,14)15;1-5-6(2,3)4;1-5(2,3)4;1-3-2;;;2*1-5(2,3)4/h2-12H2,1H3,(H,13,14,15);1-2H3;1H3,(H,2,3,4);;;;2*(H2,1,2,3,4)/q;;;-1;2*+1;;/p-1. The molecule has 0 atom stereocenters. The molecule has 0 radical (unpaired) electrons. The topological polar surface area (TPSA) is 313 Å². The Morgan fingerprint density at radius 3 is 0.977 bits per heavy atom. The van der Waals surface area contributed by atoms with Gasteiger partial charge in [-0.3, -0.25) is 31.1 Å². The molecule has 18 nitrogen and oxygen atoms in total. The fourth-order valence-electron chi connectivity index (χ4n) is 1.75. The van der Waals surface area contributed by atoms with Gasteiger partial charge < -0.3 is 4.55 Å². The van der Waals surface area contributed by atoms with E-state index in [1.807, 2.05) is 0 Å². The van der Waals surface area contributed by atoms with Gasteiger partial charge in [-0.15, -0.1) is 0 Å². The van der Waals surface area contributed by atoms with Crippen LogP contribution in [0.25, 0.3) is 0 Å². The molecule has 28 heteroatoms. The summed E-state index contributed by atoms with van der Waals surface area (Å²) in [4.78, 5) is 0. The zero-order valence-corrected chi connectivity index (χ0v) is 39.1. The van der Waals surface area contributed by atoms with Crippen molar-refractivity contribution in [2.24, 2.45) is 0 Å². The molecule has 0 rings (SSSR count). The number of halogens is 3. The van der Waals surface area contributed by atoms with Crippen molar-refractivity contribution in [2.75, 3.05) is 26.2 Å². The second kappa shape index (κ2) is 40.1. The van der Waals surface area contributed by atoms with Crippen LogP contribution in [0.2, 0.25) is 0 Å². The third kappa shape index (κ3) is 204. The van der Waals surface area contributed by atoms with E-state index in [9.17, 15) is 29.8 Å². The molecular weight excluding hydrogens is 1060 g/mol. The van der Waals surface area contributed by atoms with E-state index in [1.165, 1.54) is 44.9 Å². The van der Waals surface area contributed by atoms with Crippen LogP contribution in [0.3, 0.4) is 0 Å². The van der Waals surface area contributed by atoms with Gasteiger partial charge in [0.05, 0.1) is 26.2 Å². The molecule has 0 bridgehead atoms. The maximum Gasteiger partial charge on any atom is 1.00 e. The normalized spacial score (nSPS) is 10.9. The Balaban J connectivity index is -0.0000000651. The van der Waals surface area contributed by atoms with Crippen molar-refractivity contribution in [1.82, 2.24) is 0 Å². The fraction of sp³-hybridized carbons (Fsp3) is 1.00. The third-order valence-electron chi connectivity index (χ3n) is 3.03. The van der Waals surface area contributed by atoms with Gasteiger partial charge in [-0.25, -0.2) is 8.42 Å². The Morgan fingerprint density at radius 1 is 0.628 bits per heavy atom. The van der Waals surface area contributed by atoms with Gasteiger partial charge in [-0.1, -0.05) is 64.7 Å². The molecule has 0 heterocycles. The van der Waals surface area contributed by atoms with Gasteiger partial charge >= 0.3 is 130 Å². The minimum atomic E-state index is -4.67. The molecule has 43 heavy (non-hydrogen) atoms. The molecule has 0 aromatic rings. The first kappa shape index (κ1) is 65.1. The van der Waals surface area contributed by atoms with E-state index in [1.54, 1.807) is 0 Å². The maximum absolute atomic E-state index is 10.1. The van der Waals surface area contributed by atoms with Crippen molar-refractivity contribution < 1.29 is 150 Å². The van der Waals surface area contributed by atoms with Gasteiger partial charge in [-0.2, -0.15) is 33.7 Å². The molecule has 0 aliphatic rings. The van der Waals surface area contributed by atoms with Crippen LogP contribution >= 0.6 is 37.2 Å². The van der Waals surface area contributed by atoms with Crippen LogP contribution in [0.15, 0.2) is 0 Å². The maximum atomic E-state index is 10.1. The van der Waals surface area contributed by atoms with Crippen LogP contribution in [-0.2, 0) is 59.8 Å². The molecule has 0 aromatic carbocycles. The molecule has 5 N–H and O–H groups in total. The van der Waals surface area contributed by atoms with Crippen molar-refractivity contribution >= 4 is 88.7 Å². The molecular formula is C15H39I3Na2O18S5. The molecule has 0 aliphatic heterocycles. The number of hydrogen-bond acceptors (Lipinski definition) is 13. The summed E-state index contributed by atoms with van der Waals surface area (Å²) >= 11 is 5.30. The average molecular weight is 1090 g/mol. The summed E-state index contributed by atoms with van der Waals surface area (Å²) < 4.78 is 147. The molecule has 0 saturated carbocycles. The first-order valence-corrected chi connectivity index (χ1v) is 30.9. The Kier molecular flexibility index (Phi) is 60.6. The molecule has 0 aromatic heterocycles. The monoisotopic (exact) mass is 1090 g/mol. The van der Waals surface area contributed by atoms with Gasteiger partial charge in [0.2, 0.25) is 10.4 Å². The molecule has 0 spiro atoms. The van der Waals surface area contributed by atoms with Crippen molar-refractivity contribution in [1.29, 1.82) is 0 Å².